The molecule has 0 bridgehead atoms. The van der Waals surface area contributed by atoms with Crippen LogP contribution in [0.5, 0.6) is 0 Å². The highest BCUT2D eigenvalue weighted by atomic mass is 16.5. The van der Waals surface area contributed by atoms with Crippen molar-refractivity contribution in [1.29, 1.82) is 0 Å². The van der Waals surface area contributed by atoms with Gasteiger partial charge in [-0.3, -0.25) is 0 Å². The van der Waals surface area contributed by atoms with Crippen LogP contribution in [-0.2, 0) is 4.74 Å². The van der Waals surface area contributed by atoms with Gasteiger partial charge in [-0.2, -0.15) is 0 Å². The highest BCUT2D eigenvalue weighted by Gasteiger charge is 2.32. The first-order chi connectivity index (χ1) is 7.42. The minimum atomic E-state index is -0.582. The lowest BCUT2D eigenvalue weighted by molar-refractivity contribution is -0.0944. The molecule has 1 rings (SSSR count). The maximum absolute atomic E-state index is 10.4. The maximum Gasteiger partial charge on any atom is 0.108 e. The molecule has 2 atom stereocenters. The van der Waals surface area contributed by atoms with Crippen molar-refractivity contribution < 1.29 is 9.84 Å². The molecule has 0 radical (unpaired) electrons. The van der Waals surface area contributed by atoms with E-state index in [1.165, 1.54) is 11.1 Å². The average Bonchev–Trinajstić information content (AvgIpc) is 2.25. The minimum absolute atomic E-state index is 0.514. The summed E-state index contributed by atoms with van der Waals surface area (Å²) in [6, 6.07) is 6.14. The quantitative estimate of drug-likeness (QED) is 0.848. The molecule has 0 aromatic heterocycles. The van der Waals surface area contributed by atoms with Gasteiger partial charge in [0.2, 0.25) is 0 Å². The third-order valence-corrected chi connectivity index (χ3v) is 3.31. The molecular weight excluding hydrogens is 200 g/mol. The van der Waals surface area contributed by atoms with Gasteiger partial charge < -0.3 is 9.84 Å². The Balaban J connectivity index is 3.08. The lowest BCUT2D eigenvalue weighted by atomic mass is 9.89. The highest BCUT2D eigenvalue weighted by Crippen LogP contribution is 2.32. The minimum Gasteiger partial charge on any atom is -0.385 e. The van der Waals surface area contributed by atoms with Crippen LogP contribution >= 0.6 is 0 Å². The molecule has 2 heteroatoms. The van der Waals surface area contributed by atoms with Crippen molar-refractivity contribution in [1.82, 2.24) is 0 Å². The second kappa shape index (κ2) is 4.98. The molecule has 0 aliphatic rings. The topological polar surface area (TPSA) is 29.5 Å². The second-order valence-corrected chi connectivity index (χ2v) is 4.69. The van der Waals surface area contributed by atoms with Crippen molar-refractivity contribution in [2.45, 2.75) is 45.8 Å². The number of rotatable bonds is 4. The van der Waals surface area contributed by atoms with Crippen LogP contribution in [0.1, 0.15) is 43.1 Å². The van der Waals surface area contributed by atoms with E-state index in [1.54, 1.807) is 7.11 Å². The third kappa shape index (κ3) is 2.63. The van der Waals surface area contributed by atoms with Gasteiger partial charge in [0.1, 0.15) is 6.10 Å². The fourth-order valence-corrected chi connectivity index (χ4v) is 1.97. The molecular formula is C14H22O2. The molecule has 2 unspecified atom stereocenters. The predicted octanol–water partition coefficient (Wildman–Crippen LogP) is 3.15. The number of aliphatic hydroxyl groups is 1. The molecule has 1 aromatic rings. The smallest absolute Gasteiger partial charge is 0.108 e. The largest absolute Gasteiger partial charge is 0.385 e. The zero-order valence-electron chi connectivity index (χ0n) is 10.9. The summed E-state index contributed by atoms with van der Waals surface area (Å²) in [5, 5.41) is 10.4. The van der Waals surface area contributed by atoms with Gasteiger partial charge in [-0.1, -0.05) is 36.2 Å². The van der Waals surface area contributed by atoms with E-state index in [4.69, 9.17) is 4.74 Å². The number of hydrogen-bond donors (Lipinski definition) is 1. The third-order valence-electron chi connectivity index (χ3n) is 3.31. The Hall–Kier alpha value is -0.860. The van der Waals surface area contributed by atoms with Gasteiger partial charge in [-0.05, 0) is 32.8 Å². The Morgan fingerprint density at radius 3 is 2.12 bits per heavy atom. The predicted molar refractivity (Wildman–Crippen MR) is 66.6 cm³/mol. The summed E-state index contributed by atoms with van der Waals surface area (Å²) < 4.78 is 5.43. The molecule has 90 valence electrons. The molecule has 1 N–H and O–H groups in total. The fourth-order valence-electron chi connectivity index (χ4n) is 1.97. The molecule has 0 aliphatic heterocycles. The van der Waals surface area contributed by atoms with Gasteiger partial charge in [0.05, 0.1) is 5.60 Å². The molecule has 0 saturated heterocycles. The van der Waals surface area contributed by atoms with E-state index in [2.05, 4.69) is 6.07 Å². The first kappa shape index (κ1) is 13.2. The fraction of sp³-hybridized carbons (Fsp3) is 0.571. The van der Waals surface area contributed by atoms with Crippen LogP contribution < -0.4 is 0 Å². The van der Waals surface area contributed by atoms with E-state index in [-0.39, 0.29) is 0 Å². The van der Waals surface area contributed by atoms with Crippen molar-refractivity contribution in [3.63, 3.8) is 0 Å². The molecule has 0 aliphatic carbocycles. The van der Waals surface area contributed by atoms with Crippen molar-refractivity contribution in [3.8, 4) is 0 Å². The monoisotopic (exact) mass is 222 g/mol. The summed E-state index contributed by atoms with van der Waals surface area (Å²) in [6.45, 7) is 8.04. The van der Waals surface area contributed by atoms with Crippen LogP contribution in [0.25, 0.3) is 0 Å². The highest BCUT2D eigenvalue weighted by molar-refractivity contribution is 5.31. The Bertz CT molecular complexity index is 334. The summed E-state index contributed by atoms with van der Waals surface area (Å²) in [4.78, 5) is 0. The first-order valence-corrected chi connectivity index (χ1v) is 5.74. The zero-order valence-corrected chi connectivity index (χ0v) is 10.9. The number of methoxy groups -OCH3 is 1. The number of ether oxygens (including phenoxy) is 1. The summed E-state index contributed by atoms with van der Waals surface area (Å²) in [7, 11) is 1.65. The number of aryl methyl sites for hydroxylation is 2. The van der Waals surface area contributed by atoms with Crippen LogP contribution in [0, 0.1) is 13.8 Å². The summed E-state index contributed by atoms with van der Waals surface area (Å²) >= 11 is 0. The van der Waals surface area contributed by atoms with E-state index in [1.807, 2.05) is 39.8 Å². The number of aliphatic hydroxyl groups excluding tert-OH is 1. The Morgan fingerprint density at radius 2 is 1.75 bits per heavy atom. The van der Waals surface area contributed by atoms with E-state index < -0.39 is 11.7 Å². The lowest BCUT2D eigenvalue weighted by Gasteiger charge is -2.32. The molecule has 1 aromatic carbocycles. The average molecular weight is 222 g/mol. The van der Waals surface area contributed by atoms with Crippen LogP contribution in [0.4, 0.5) is 0 Å². The van der Waals surface area contributed by atoms with Crippen LogP contribution in [-0.4, -0.2) is 17.8 Å². The Labute approximate surface area is 98.3 Å². The van der Waals surface area contributed by atoms with E-state index in [0.717, 1.165) is 12.0 Å². The molecule has 0 spiro atoms. The maximum atomic E-state index is 10.4. The van der Waals surface area contributed by atoms with Crippen molar-refractivity contribution >= 4 is 0 Å². The standard InChI is InChI=1S/C14H22O2/c1-6-14(4,16-5)13(15)12-8-10(2)7-11(3)9-12/h7-9,13,15H,6H2,1-5H3. The van der Waals surface area contributed by atoms with Crippen molar-refractivity contribution in [3.05, 3.63) is 34.9 Å². The van der Waals surface area contributed by atoms with Crippen molar-refractivity contribution in [2.75, 3.05) is 7.11 Å². The van der Waals surface area contributed by atoms with Gasteiger partial charge >= 0.3 is 0 Å². The van der Waals surface area contributed by atoms with E-state index in [0.29, 0.717) is 0 Å². The van der Waals surface area contributed by atoms with E-state index >= 15 is 0 Å². The Kier molecular flexibility index (Phi) is 4.11. The summed E-state index contributed by atoms with van der Waals surface area (Å²) in [5.74, 6) is 0. The van der Waals surface area contributed by atoms with E-state index in [9.17, 15) is 5.11 Å². The van der Waals surface area contributed by atoms with Gasteiger partial charge in [-0.15, -0.1) is 0 Å². The van der Waals surface area contributed by atoms with Gasteiger partial charge in [0, 0.05) is 7.11 Å². The SMILES string of the molecule is CCC(C)(OC)C(O)c1cc(C)cc(C)c1. The number of hydrogen-bond acceptors (Lipinski definition) is 2. The lowest BCUT2D eigenvalue weighted by Crippen LogP contribution is -2.34. The molecule has 2 nitrogen and oxygen atoms in total. The molecule has 0 fully saturated rings. The molecule has 0 saturated carbocycles. The molecule has 0 amide bonds. The van der Waals surface area contributed by atoms with Crippen LogP contribution in [0.15, 0.2) is 18.2 Å². The normalized spacial score (nSPS) is 16.9. The van der Waals surface area contributed by atoms with Crippen LogP contribution in [0.3, 0.4) is 0 Å². The van der Waals surface area contributed by atoms with Crippen molar-refractivity contribution in [2.24, 2.45) is 0 Å². The van der Waals surface area contributed by atoms with Gasteiger partial charge in [0.15, 0.2) is 0 Å². The summed E-state index contributed by atoms with van der Waals surface area (Å²) in [5.41, 5.74) is 2.76. The second-order valence-electron chi connectivity index (χ2n) is 4.69. The first-order valence-electron chi connectivity index (χ1n) is 5.74. The van der Waals surface area contributed by atoms with Gasteiger partial charge in [0.25, 0.3) is 0 Å². The molecule has 16 heavy (non-hydrogen) atoms. The molecule has 0 heterocycles. The Morgan fingerprint density at radius 1 is 1.25 bits per heavy atom. The number of benzene rings is 1. The summed E-state index contributed by atoms with van der Waals surface area (Å²) in [6.07, 6.45) is 0.193. The van der Waals surface area contributed by atoms with Gasteiger partial charge in [-0.25, -0.2) is 0 Å². The van der Waals surface area contributed by atoms with Crippen LogP contribution in [0.2, 0.25) is 0 Å². The zero-order chi connectivity index (χ0) is 12.3.